The van der Waals surface area contributed by atoms with E-state index in [1.54, 1.807) is 48.8 Å². The van der Waals surface area contributed by atoms with Gasteiger partial charge in [-0.1, -0.05) is 24.3 Å². The fourth-order valence-electron chi connectivity index (χ4n) is 3.66. The Labute approximate surface area is 177 Å². The zero-order chi connectivity index (χ0) is 21.2. The van der Waals surface area contributed by atoms with Gasteiger partial charge < -0.3 is 4.74 Å². The smallest absolute Gasteiger partial charge is 0.187 e. The average Bonchev–Trinajstić information content (AvgIpc) is 3.05. The summed E-state index contributed by atoms with van der Waals surface area (Å²) >= 11 is 0. The monoisotopic (exact) mass is 445 g/mol. The van der Waals surface area contributed by atoms with Gasteiger partial charge in [-0.2, -0.15) is 10.6 Å². The summed E-state index contributed by atoms with van der Waals surface area (Å²) in [4.78, 5) is 4.42. The van der Waals surface area contributed by atoms with E-state index in [-0.39, 0.29) is 15.5 Å². The van der Waals surface area contributed by atoms with Crippen molar-refractivity contribution in [2.24, 2.45) is 0 Å². The van der Waals surface area contributed by atoms with Crippen LogP contribution in [0.5, 0.6) is 5.75 Å². The van der Waals surface area contributed by atoms with Gasteiger partial charge in [-0.25, -0.2) is 8.42 Å². The molecule has 0 saturated heterocycles. The lowest BCUT2D eigenvalue weighted by Gasteiger charge is -2.27. The largest absolute Gasteiger partial charge is 0.493 e. The molecule has 30 heavy (non-hydrogen) atoms. The first-order valence-corrected chi connectivity index (χ1v) is 12.9. The third-order valence-electron chi connectivity index (χ3n) is 5.15. The van der Waals surface area contributed by atoms with E-state index in [9.17, 15) is 17.5 Å². The number of nitrogens with zero attached hydrogens (tertiary/aromatic N) is 1. The van der Waals surface area contributed by atoms with Crippen molar-refractivity contribution in [1.29, 1.82) is 0 Å². The van der Waals surface area contributed by atoms with Crippen LogP contribution in [-0.2, 0) is 16.3 Å². The van der Waals surface area contributed by atoms with E-state index in [1.165, 1.54) is 12.1 Å². The lowest BCUT2D eigenvalue weighted by atomic mass is 10.1. The van der Waals surface area contributed by atoms with Crippen molar-refractivity contribution in [2.75, 3.05) is 12.4 Å². The van der Waals surface area contributed by atoms with Gasteiger partial charge in [0.1, 0.15) is 11.0 Å². The van der Waals surface area contributed by atoms with Gasteiger partial charge in [0.05, 0.1) is 22.2 Å². The number of fused-ring (bicyclic) bond motifs is 1. The van der Waals surface area contributed by atoms with Crippen LogP contribution in [0.1, 0.15) is 22.8 Å². The zero-order valence-electron chi connectivity index (χ0n) is 16.2. The fourth-order valence-corrected chi connectivity index (χ4v) is 8.10. The summed E-state index contributed by atoms with van der Waals surface area (Å²) in [6, 6.07) is 16.9. The van der Waals surface area contributed by atoms with Crippen molar-refractivity contribution in [3.8, 4) is 5.75 Å². The summed E-state index contributed by atoms with van der Waals surface area (Å²) in [6.07, 6.45) is 5.02. The van der Waals surface area contributed by atoms with Crippen LogP contribution in [0.3, 0.4) is 0 Å². The Morgan fingerprint density at radius 3 is 2.47 bits per heavy atom. The van der Waals surface area contributed by atoms with Crippen LogP contribution in [0.15, 0.2) is 82.8 Å². The minimum Gasteiger partial charge on any atom is -0.493 e. The molecule has 6 nitrogen and oxygen atoms in total. The molecule has 1 unspecified atom stereocenters. The summed E-state index contributed by atoms with van der Waals surface area (Å²) in [7, 11) is -7.01. The highest BCUT2D eigenvalue weighted by molar-refractivity contribution is 8.25. The third kappa shape index (κ3) is 4.09. The molecule has 3 aromatic rings. The molecule has 1 aliphatic heterocycles. The number of pyridine rings is 1. The van der Waals surface area contributed by atoms with E-state index in [1.807, 2.05) is 12.1 Å². The van der Waals surface area contributed by atoms with Crippen molar-refractivity contribution in [1.82, 2.24) is 4.98 Å². The second kappa shape index (κ2) is 8.39. The summed E-state index contributed by atoms with van der Waals surface area (Å²) in [5.74, 6) is 0.140. The normalized spacial score (nSPS) is 18.5. The summed E-state index contributed by atoms with van der Waals surface area (Å²) in [5.41, 5.74) is 1.51. The van der Waals surface area contributed by atoms with Gasteiger partial charge in [-0.15, -0.1) is 0 Å². The first-order chi connectivity index (χ1) is 14.4. The number of ether oxygens (including phenoxy) is 1. The Bertz CT molecular complexity index is 1120. The molecule has 2 aromatic carbocycles. The van der Waals surface area contributed by atoms with Crippen LogP contribution in [0.2, 0.25) is 0 Å². The van der Waals surface area contributed by atoms with Crippen molar-refractivity contribution < 1.29 is 22.3 Å². The Hall–Kier alpha value is -2.39. The Morgan fingerprint density at radius 1 is 1.00 bits per heavy atom. The van der Waals surface area contributed by atoms with E-state index in [0.717, 1.165) is 18.4 Å². The first-order valence-electron chi connectivity index (χ1n) is 9.59. The molecule has 0 saturated carbocycles. The molecule has 0 aliphatic carbocycles. The maximum absolute atomic E-state index is 13.3. The number of aryl methyl sites for hydroxylation is 1. The van der Waals surface area contributed by atoms with E-state index in [0.29, 0.717) is 17.9 Å². The van der Waals surface area contributed by atoms with Crippen LogP contribution in [0, 0.1) is 0 Å². The second-order valence-corrected chi connectivity index (χ2v) is 11.4. The van der Waals surface area contributed by atoms with Crippen LogP contribution in [0.25, 0.3) is 0 Å². The molecule has 0 spiro atoms. The molecule has 0 bridgehead atoms. The number of hydrogen-bond acceptors (Lipinski definition) is 6. The minimum atomic E-state index is -3.81. The molecular formula is C22H23NO5S2. The lowest BCUT2D eigenvalue weighted by Crippen LogP contribution is -2.16. The summed E-state index contributed by atoms with van der Waals surface area (Å²) in [5, 5.41) is -1.06. The van der Waals surface area contributed by atoms with Gasteiger partial charge >= 0.3 is 0 Å². The molecule has 8 heteroatoms. The molecule has 1 atom stereocenters. The number of benzene rings is 2. The molecule has 0 amide bonds. The van der Waals surface area contributed by atoms with Crippen LogP contribution in [0.4, 0.5) is 0 Å². The van der Waals surface area contributed by atoms with Gasteiger partial charge in [0.15, 0.2) is 9.84 Å². The maximum Gasteiger partial charge on any atom is 0.187 e. The number of sulfone groups is 1. The highest BCUT2D eigenvalue weighted by Gasteiger charge is 2.45. The summed E-state index contributed by atoms with van der Waals surface area (Å²) < 4.78 is 53.7. The molecule has 1 aromatic heterocycles. The Morgan fingerprint density at radius 2 is 1.73 bits per heavy atom. The van der Waals surface area contributed by atoms with Gasteiger partial charge in [0.25, 0.3) is 0 Å². The van der Waals surface area contributed by atoms with Crippen LogP contribution < -0.4 is 4.74 Å². The third-order valence-corrected chi connectivity index (χ3v) is 9.30. The molecule has 1 aliphatic rings. The zero-order valence-corrected chi connectivity index (χ0v) is 17.8. The molecule has 158 valence electrons. The van der Waals surface area contributed by atoms with Crippen molar-refractivity contribution in [3.05, 3.63) is 84.2 Å². The highest BCUT2D eigenvalue weighted by Crippen LogP contribution is 2.63. The Balaban J connectivity index is 1.60. The van der Waals surface area contributed by atoms with Crippen LogP contribution in [-0.4, -0.2) is 34.9 Å². The predicted octanol–water partition coefficient (Wildman–Crippen LogP) is 4.73. The number of aromatic nitrogens is 1. The van der Waals surface area contributed by atoms with Gasteiger partial charge in [-0.05, 0) is 54.8 Å². The van der Waals surface area contributed by atoms with Gasteiger partial charge in [-0.3, -0.25) is 14.1 Å². The van der Waals surface area contributed by atoms with E-state index < -0.39 is 25.7 Å². The van der Waals surface area contributed by atoms with Crippen LogP contribution >= 0.6 is 10.6 Å². The second-order valence-electron chi connectivity index (χ2n) is 7.16. The quantitative estimate of drug-likeness (QED) is 0.510. The van der Waals surface area contributed by atoms with Crippen molar-refractivity contribution in [3.63, 3.8) is 0 Å². The average molecular weight is 446 g/mol. The topological polar surface area (TPSA) is 96.7 Å². The molecule has 2 heterocycles. The first kappa shape index (κ1) is 20.9. The fraction of sp³-hybridized carbons (Fsp3) is 0.227. The van der Waals surface area contributed by atoms with Crippen molar-refractivity contribution in [2.45, 2.75) is 27.9 Å². The van der Waals surface area contributed by atoms with E-state index >= 15 is 0 Å². The lowest BCUT2D eigenvalue weighted by molar-refractivity contribution is 0.307. The van der Waals surface area contributed by atoms with Crippen molar-refractivity contribution >= 4 is 20.4 Å². The van der Waals surface area contributed by atoms with E-state index in [2.05, 4.69) is 4.98 Å². The van der Waals surface area contributed by atoms with Gasteiger partial charge in [0, 0.05) is 18.0 Å². The van der Waals surface area contributed by atoms with E-state index in [4.69, 9.17) is 4.74 Å². The minimum absolute atomic E-state index is 0.158. The molecule has 0 fully saturated rings. The number of hydrogen-bond donors (Lipinski definition) is 2. The Kier molecular flexibility index (Phi) is 5.84. The SMILES string of the molecule is O=S(=O)(c1ccccc1)C1CS(O)(O)c2cccc(OCCCc3ccncc3)c21. The molecule has 2 N–H and O–H groups in total. The standard InChI is InChI=1S/C22H23NO5S2/c24-29(25)16-21(30(26,27)18-7-2-1-3-8-18)22-19(9-4-10-20(22)29)28-15-5-6-17-11-13-23-14-12-17/h1-4,7-14,21,24-25H,5-6,15-16H2. The van der Waals surface area contributed by atoms with Gasteiger partial charge in [0.2, 0.25) is 0 Å². The summed E-state index contributed by atoms with van der Waals surface area (Å²) in [6.45, 7) is 0.385. The molecule has 0 radical (unpaired) electrons. The molecular weight excluding hydrogens is 422 g/mol. The molecule has 4 rings (SSSR count). The predicted molar refractivity (Wildman–Crippen MR) is 117 cm³/mol. The highest BCUT2D eigenvalue weighted by atomic mass is 32.3. The number of rotatable bonds is 7. The maximum atomic E-state index is 13.3.